The van der Waals surface area contributed by atoms with Gasteiger partial charge in [0.25, 0.3) is 0 Å². The van der Waals surface area contributed by atoms with Crippen LogP contribution in [0.3, 0.4) is 0 Å². The lowest BCUT2D eigenvalue weighted by Crippen LogP contribution is -2.58. The Morgan fingerprint density at radius 1 is 1.50 bits per heavy atom. The van der Waals surface area contributed by atoms with Gasteiger partial charge in [-0.25, -0.2) is 9.79 Å². The fourth-order valence-electron chi connectivity index (χ4n) is 2.44. The van der Waals surface area contributed by atoms with Gasteiger partial charge >= 0.3 is 5.97 Å². The molecule has 8 nitrogen and oxygen atoms in total. The van der Waals surface area contributed by atoms with Crippen LogP contribution in [0.5, 0.6) is 0 Å². The molecule has 2 heterocycles. The summed E-state index contributed by atoms with van der Waals surface area (Å²) in [7, 11) is 0. The maximum Gasteiger partial charge on any atom is 0.370 e. The number of hydrogen-bond donors (Lipinski definition) is 4. The summed E-state index contributed by atoms with van der Waals surface area (Å²) < 4.78 is 10.7. The van der Waals surface area contributed by atoms with Crippen molar-refractivity contribution in [2.75, 3.05) is 6.61 Å². The molecule has 2 rings (SSSR count). The molecule has 8 heteroatoms. The molecule has 0 aliphatic carbocycles. The molecule has 0 saturated heterocycles. The molecule has 0 bridgehead atoms. The summed E-state index contributed by atoms with van der Waals surface area (Å²) in [5, 5.41) is 37.6. The first-order valence-electron chi connectivity index (χ1n) is 6.11. The number of fused-ring (bicyclic) bond motifs is 1. The molecule has 0 spiro atoms. The van der Waals surface area contributed by atoms with E-state index in [2.05, 4.69) is 4.99 Å². The third-order valence-electron chi connectivity index (χ3n) is 3.51. The summed E-state index contributed by atoms with van der Waals surface area (Å²) in [6.07, 6.45) is -3.57. The fourth-order valence-corrected chi connectivity index (χ4v) is 2.44. The third kappa shape index (κ3) is 2.26. The van der Waals surface area contributed by atoms with Gasteiger partial charge in [0.2, 0.25) is 5.76 Å². The molecule has 0 fully saturated rings. The molecule has 5 atom stereocenters. The highest BCUT2D eigenvalue weighted by Gasteiger charge is 2.55. The summed E-state index contributed by atoms with van der Waals surface area (Å²) >= 11 is 0. The average molecular weight is 287 g/mol. The van der Waals surface area contributed by atoms with E-state index in [1.54, 1.807) is 13.8 Å². The van der Waals surface area contributed by atoms with E-state index < -0.39 is 42.5 Å². The number of carboxylic acids is 1. The van der Waals surface area contributed by atoms with Crippen molar-refractivity contribution in [1.29, 1.82) is 0 Å². The lowest BCUT2D eigenvalue weighted by Gasteiger charge is -2.41. The van der Waals surface area contributed by atoms with Gasteiger partial charge in [0, 0.05) is 13.0 Å². The Bertz CT molecular complexity index is 474. The predicted molar refractivity (Wildman–Crippen MR) is 66.1 cm³/mol. The van der Waals surface area contributed by atoms with Crippen LogP contribution in [-0.2, 0) is 14.3 Å². The minimum Gasteiger partial charge on any atom is -0.478 e. The van der Waals surface area contributed by atoms with Gasteiger partial charge in [0.15, 0.2) is 18.1 Å². The minimum absolute atomic E-state index is 0.333. The van der Waals surface area contributed by atoms with Gasteiger partial charge in [-0.2, -0.15) is 0 Å². The van der Waals surface area contributed by atoms with E-state index in [-0.39, 0.29) is 5.76 Å². The van der Waals surface area contributed by atoms with Crippen molar-refractivity contribution in [3.05, 3.63) is 11.8 Å². The van der Waals surface area contributed by atoms with Crippen LogP contribution < -0.4 is 0 Å². The van der Waals surface area contributed by atoms with Crippen LogP contribution in [-0.4, -0.2) is 68.9 Å². The maximum absolute atomic E-state index is 11.1. The van der Waals surface area contributed by atoms with E-state index in [9.17, 15) is 15.0 Å². The molecule has 2 aliphatic rings. The number of hydrogen-bond acceptors (Lipinski definition) is 7. The Morgan fingerprint density at radius 3 is 2.70 bits per heavy atom. The summed E-state index contributed by atoms with van der Waals surface area (Å²) in [6, 6.07) is 0. The van der Waals surface area contributed by atoms with Crippen molar-refractivity contribution in [3.63, 3.8) is 0 Å². The zero-order valence-corrected chi connectivity index (χ0v) is 11.1. The lowest BCUT2D eigenvalue weighted by atomic mass is 9.82. The van der Waals surface area contributed by atoms with Crippen LogP contribution in [0, 0.1) is 0 Å². The standard InChI is InChI=1S/C12H17NO7/c1-5-13-12(2)8(19-5)3-7(11(17)18)20-10(12)9(16)6(15)4-14/h3,6,8-10,14-16H,4H2,1-2H3,(H,17,18)/t6-,8-,9-,10+,12+/m1/s1. The van der Waals surface area contributed by atoms with Crippen molar-refractivity contribution in [3.8, 4) is 0 Å². The van der Waals surface area contributed by atoms with Gasteiger partial charge in [-0.1, -0.05) is 0 Å². The SMILES string of the molecule is CC1=N[C@@]2(C)[C@@H](C=C(C(=O)O)O[C@H]2[C@H](O)[C@H](O)CO)O1. The molecule has 0 aromatic rings. The van der Waals surface area contributed by atoms with E-state index in [1.165, 1.54) is 6.08 Å². The van der Waals surface area contributed by atoms with Crippen molar-refractivity contribution >= 4 is 11.9 Å². The van der Waals surface area contributed by atoms with Gasteiger partial charge in [-0.05, 0) is 6.92 Å². The van der Waals surface area contributed by atoms with Gasteiger partial charge in [0.05, 0.1) is 6.61 Å². The minimum atomic E-state index is -1.51. The molecule has 0 radical (unpaired) electrons. The van der Waals surface area contributed by atoms with E-state index in [4.69, 9.17) is 19.7 Å². The van der Waals surface area contributed by atoms with Crippen LogP contribution in [0.4, 0.5) is 0 Å². The van der Waals surface area contributed by atoms with Gasteiger partial charge in [-0.15, -0.1) is 0 Å². The largest absolute Gasteiger partial charge is 0.478 e. The number of aliphatic hydroxyl groups is 3. The van der Waals surface area contributed by atoms with Crippen LogP contribution in [0.15, 0.2) is 16.8 Å². The van der Waals surface area contributed by atoms with Gasteiger partial charge < -0.3 is 29.9 Å². The second-order valence-corrected chi connectivity index (χ2v) is 5.01. The summed E-state index contributed by atoms with van der Waals surface area (Å²) in [4.78, 5) is 15.3. The molecular formula is C12H17NO7. The number of carboxylic acid groups (broad SMARTS) is 1. The lowest BCUT2D eigenvalue weighted by molar-refractivity contribution is -0.151. The first-order valence-corrected chi connectivity index (χ1v) is 6.11. The van der Waals surface area contributed by atoms with Crippen LogP contribution in [0.1, 0.15) is 13.8 Å². The molecular weight excluding hydrogens is 270 g/mol. The number of aliphatic hydroxyl groups excluding tert-OH is 3. The van der Waals surface area contributed by atoms with E-state index >= 15 is 0 Å². The fraction of sp³-hybridized carbons (Fsp3) is 0.667. The molecule has 0 aromatic carbocycles. The highest BCUT2D eigenvalue weighted by Crippen LogP contribution is 2.39. The second kappa shape index (κ2) is 5.04. The first-order chi connectivity index (χ1) is 9.29. The number of aliphatic carboxylic acids is 1. The smallest absolute Gasteiger partial charge is 0.370 e. The van der Waals surface area contributed by atoms with Crippen molar-refractivity contribution < 1.29 is 34.7 Å². The number of rotatable bonds is 4. The number of ether oxygens (including phenoxy) is 2. The zero-order valence-electron chi connectivity index (χ0n) is 11.1. The quantitative estimate of drug-likeness (QED) is 0.503. The Kier molecular flexibility index (Phi) is 3.72. The third-order valence-corrected chi connectivity index (χ3v) is 3.51. The molecule has 20 heavy (non-hydrogen) atoms. The number of aliphatic imine (C=N–C) groups is 1. The molecule has 0 unspecified atom stereocenters. The molecule has 2 aliphatic heterocycles. The summed E-state index contributed by atoms with van der Waals surface area (Å²) in [5.74, 6) is -1.36. The maximum atomic E-state index is 11.1. The monoisotopic (exact) mass is 287 g/mol. The van der Waals surface area contributed by atoms with Gasteiger partial charge in [-0.3, -0.25) is 0 Å². The second-order valence-electron chi connectivity index (χ2n) is 5.01. The van der Waals surface area contributed by atoms with E-state index in [1.807, 2.05) is 0 Å². The van der Waals surface area contributed by atoms with Crippen LogP contribution in [0.25, 0.3) is 0 Å². The molecule has 4 N–H and O–H groups in total. The topological polar surface area (TPSA) is 129 Å². The number of carbonyl (C=O) groups is 1. The number of nitrogens with zero attached hydrogens (tertiary/aromatic N) is 1. The van der Waals surface area contributed by atoms with Crippen molar-refractivity contribution in [2.45, 2.75) is 43.8 Å². The van der Waals surface area contributed by atoms with Crippen molar-refractivity contribution in [2.24, 2.45) is 4.99 Å². The zero-order chi connectivity index (χ0) is 15.1. The highest BCUT2D eigenvalue weighted by molar-refractivity contribution is 5.85. The predicted octanol–water partition coefficient (Wildman–Crippen LogP) is -1.36. The molecule has 0 amide bonds. The Hall–Kier alpha value is -1.64. The van der Waals surface area contributed by atoms with E-state index in [0.29, 0.717) is 5.90 Å². The highest BCUT2D eigenvalue weighted by atomic mass is 16.6. The Morgan fingerprint density at radius 2 is 2.15 bits per heavy atom. The van der Waals surface area contributed by atoms with E-state index in [0.717, 1.165) is 0 Å². The Labute approximate surface area is 115 Å². The van der Waals surface area contributed by atoms with Gasteiger partial charge in [0.1, 0.15) is 17.7 Å². The molecule has 0 aromatic heterocycles. The molecule has 112 valence electrons. The van der Waals surface area contributed by atoms with Crippen LogP contribution in [0.2, 0.25) is 0 Å². The average Bonchev–Trinajstić information content (AvgIpc) is 2.69. The molecule has 0 saturated carbocycles. The Balaban J connectivity index is 2.39. The normalized spacial score (nSPS) is 35.0. The van der Waals surface area contributed by atoms with Crippen molar-refractivity contribution in [1.82, 2.24) is 0 Å². The summed E-state index contributed by atoms with van der Waals surface area (Å²) in [5.41, 5.74) is -1.07. The first kappa shape index (κ1) is 14.8. The summed E-state index contributed by atoms with van der Waals surface area (Å²) in [6.45, 7) is 2.54. The van der Waals surface area contributed by atoms with Crippen LogP contribution >= 0.6 is 0 Å².